The van der Waals surface area contributed by atoms with Crippen molar-refractivity contribution in [1.29, 1.82) is 0 Å². The van der Waals surface area contributed by atoms with Crippen LogP contribution in [0.2, 0.25) is 0 Å². The Kier molecular flexibility index (Phi) is 4.60. The minimum Gasteiger partial charge on any atom is -0.490 e. The van der Waals surface area contributed by atoms with Gasteiger partial charge in [0.05, 0.1) is 13.2 Å². The van der Waals surface area contributed by atoms with Crippen molar-refractivity contribution in [1.82, 2.24) is 5.32 Å². The summed E-state index contributed by atoms with van der Waals surface area (Å²) in [5.41, 5.74) is 1.21. The first-order chi connectivity index (χ1) is 9.83. The zero-order valence-corrected chi connectivity index (χ0v) is 13.4. The first-order valence-electron chi connectivity index (χ1n) is 6.64. The van der Waals surface area contributed by atoms with Gasteiger partial charge in [-0.05, 0) is 45.1 Å². The van der Waals surface area contributed by atoms with Gasteiger partial charge in [0.15, 0.2) is 11.5 Å². The second kappa shape index (κ2) is 6.61. The van der Waals surface area contributed by atoms with E-state index in [4.69, 9.17) is 9.47 Å². The van der Waals surface area contributed by atoms with Crippen LogP contribution in [0.4, 0.5) is 0 Å². The fraction of sp³-hybridized carbons (Fsp3) is 0.333. The van der Waals surface area contributed by atoms with Gasteiger partial charge >= 0.3 is 0 Å². The third-order valence-corrected chi connectivity index (χ3v) is 5.04. The van der Waals surface area contributed by atoms with Gasteiger partial charge in [-0.15, -0.1) is 11.3 Å². The van der Waals surface area contributed by atoms with Gasteiger partial charge in [0.25, 0.3) is 0 Å². The average Bonchev–Trinajstić information content (AvgIpc) is 2.73. The molecule has 106 valence electrons. The Morgan fingerprint density at radius 3 is 2.75 bits per heavy atom. The van der Waals surface area contributed by atoms with E-state index in [0.717, 1.165) is 44.2 Å². The van der Waals surface area contributed by atoms with Crippen molar-refractivity contribution in [3.05, 3.63) is 44.6 Å². The highest BCUT2D eigenvalue weighted by Gasteiger charge is 2.10. The fourth-order valence-electron chi connectivity index (χ4n) is 2.09. The Morgan fingerprint density at radius 2 is 1.95 bits per heavy atom. The van der Waals surface area contributed by atoms with Crippen molar-refractivity contribution in [2.45, 2.75) is 19.5 Å². The molecule has 0 unspecified atom stereocenters. The van der Waals surface area contributed by atoms with Crippen molar-refractivity contribution in [3.63, 3.8) is 0 Å². The number of fused-ring (bicyclic) bond motifs is 1. The van der Waals surface area contributed by atoms with Crippen molar-refractivity contribution in [2.75, 3.05) is 13.2 Å². The molecule has 3 rings (SSSR count). The van der Waals surface area contributed by atoms with Crippen molar-refractivity contribution in [3.8, 4) is 11.5 Å². The number of halogens is 1. The molecule has 1 aromatic heterocycles. The van der Waals surface area contributed by atoms with Crippen LogP contribution in [-0.4, -0.2) is 13.2 Å². The summed E-state index contributed by atoms with van der Waals surface area (Å²) in [4.78, 5) is 1.32. The molecule has 20 heavy (non-hydrogen) atoms. The third-order valence-electron chi connectivity index (χ3n) is 3.12. The van der Waals surface area contributed by atoms with Gasteiger partial charge in [-0.2, -0.15) is 0 Å². The summed E-state index contributed by atoms with van der Waals surface area (Å²) in [5.74, 6) is 1.71. The number of rotatable bonds is 4. The molecule has 0 saturated carbocycles. The van der Waals surface area contributed by atoms with E-state index < -0.39 is 0 Å². The normalized spacial score (nSPS) is 14.1. The summed E-state index contributed by atoms with van der Waals surface area (Å²) in [6.07, 6.45) is 0.939. The smallest absolute Gasteiger partial charge is 0.161 e. The Bertz CT molecular complexity index is 585. The standard InChI is InChI=1S/C15H16BrNO2S/c16-12-4-7-20-15(12)10-17-9-11-2-3-13-14(8-11)19-6-1-5-18-13/h2-4,7-8,17H,1,5-6,9-10H2. The van der Waals surface area contributed by atoms with Gasteiger partial charge in [0.1, 0.15) is 0 Å². The van der Waals surface area contributed by atoms with Gasteiger partial charge in [0.2, 0.25) is 0 Å². The molecule has 5 heteroatoms. The molecular formula is C15H16BrNO2S. The number of ether oxygens (including phenoxy) is 2. The lowest BCUT2D eigenvalue weighted by atomic mass is 10.2. The van der Waals surface area contributed by atoms with E-state index in [0.29, 0.717) is 0 Å². The molecular weight excluding hydrogens is 338 g/mol. The SMILES string of the molecule is Brc1ccsc1CNCc1ccc2c(c1)OCCCO2. The van der Waals surface area contributed by atoms with Crippen LogP contribution in [0.5, 0.6) is 11.5 Å². The van der Waals surface area contributed by atoms with Gasteiger partial charge < -0.3 is 14.8 Å². The Balaban J connectivity index is 1.60. The first-order valence-corrected chi connectivity index (χ1v) is 8.31. The monoisotopic (exact) mass is 353 g/mol. The highest BCUT2D eigenvalue weighted by atomic mass is 79.9. The maximum absolute atomic E-state index is 5.70. The third kappa shape index (κ3) is 3.34. The molecule has 0 bridgehead atoms. The van der Waals surface area contributed by atoms with Crippen molar-refractivity contribution < 1.29 is 9.47 Å². The van der Waals surface area contributed by atoms with E-state index in [-0.39, 0.29) is 0 Å². The summed E-state index contributed by atoms with van der Waals surface area (Å²) in [6, 6.07) is 8.23. The topological polar surface area (TPSA) is 30.5 Å². The number of benzene rings is 1. The minimum absolute atomic E-state index is 0.728. The number of hydrogen-bond acceptors (Lipinski definition) is 4. The molecule has 0 atom stereocenters. The lowest BCUT2D eigenvalue weighted by molar-refractivity contribution is 0.297. The van der Waals surface area contributed by atoms with Crippen LogP contribution >= 0.6 is 27.3 Å². The van der Waals surface area contributed by atoms with E-state index in [2.05, 4.69) is 44.8 Å². The Morgan fingerprint density at radius 1 is 1.10 bits per heavy atom. The van der Waals surface area contributed by atoms with E-state index in [9.17, 15) is 0 Å². The molecule has 1 aromatic carbocycles. The molecule has 1 N–H and O–H groups in total. The number of nitrogens with one attached hydrogen (secondary N) is 1. The van der Waals surface area contributed by atoms with Crippen LogP contribution < -0.4 is 14.8 Å². The molecule has 0 spiro atoms. The maximum Gasteiger partial charge on any atom is 0.161 e. The largest absolute Gasteiger partial charge is 0.490 e. The molecule has 2 heterocycles. The van der Waals surface area contributed by atoms with Crippen LogP contribution in [0.1, 0.15) is 16.9 Å². The van der Waals surface area contributed by atoms with E-state index in [1.807, 2.05) is 6.07 Å². The van der Waals surface area contributed by atoms with Crippen LogP contribution in [0, 0.1) is 0 Å². The maximum atomic E-state index is 5.70. The summed E-state index contributed by atoms with van der Waals surface area (Å²) in [6.45, 7) is 3.15. The molecule has 2 aromatic rings. The molecule has 0 radical (unpaired) electrons. The Hall–Kier alpha value is -1.04. The van der Waals surface area contributed by atoms with Gasteiger partial charge in [-0.3, -0.25) is 0 Å². The van der Waals surface area contributed by atoms with Crippen LogP contribution in [0.15, 0.2) is 34.1 Å². The van der Waals surface area contributed by atoms with E-state index in [1.54, 1.807) is 11.3 Å². The molecule has 1 aliphatic heterocycles. The number of thiophene rings is 1. The molecule has 3 nitrogen and oxygen atoms in total. The van der Waals surface area contributed by atoms with E-state index >= 15 is 0 Å². The Labute approximate surface area is 131 Å². The summed E-state index contributed by atoms with van der Waals surface area (Å²) >= 11 is 5.30. The summed E-state index contributed by atoms with van der Waals surface area (Å²) in [7, 11) is 0. The second-order valence-electron chi connectivity index (χ2n) is 4.63. The second-order valence-corrected chi connectivity index (χ2v) is 6.48. The fourth-order valence-corrected chi connectivity index (χ4v) is 3.55. The summed E-state index contributed by atoms with van der Waals surface area (Å²) in [5, 5.41) is 5.54. The highest BCUT2D eigenvalue weighted by Crippen LogP contribution is 2.30. The van der Waals surface area contributed by atoms with Gasteiger partial charge in [-0.1, -0.05) is 6.07 Å². The molecule has 1 aliphatic rings. The van der Waals surface area contributed by atoms with Crippen LogP contribution in [0.25, 0.3) is 0 Å². The quantitative estimate of drug-likeness (QED) is 0.902. The molecule has 0 aliphatic carbocycles. The molecule has 0 saturated heterocycles. The lowest BCUT2D eigenvalue weighted by Crippen LogP contribution is -2.12. The number of hydrogen-bond donors (Lipinski definition) is 1. The van der Waals surface area contributed by atoms with Crippen LogP contribution in [0.3, 0.4) is 0 Å². The zero-order chi connectivity index (χ0) is 13.8. The molecule has 0 amide bonds. The van der Waals surface area contributed by atoms with Gasteiger partial charge in [-0.25, -0.2) is 0 Å². The molecule has 0 fully saturated rings. The van der Waals surface area contributed by atoms with Crippen molar-refractivity contribution in [2.24, 2.45) is 0 Å². The minimum atomic E-state index is 0.728. The zero-order valence-electron chi connectivity index (χ0n) is 11.0. The first kappa shape index (κ1) is 13.9. The lowest BCUT2D eigenvalue weighted by Gasteiger charge is -2.10. The van der Waals surface area contributed by atoms with Crippen molar-refractivity contribution >= 4 is 27.3 Å². The van der Waals surface area contributed by atoms with Crippen LogP contribution in [-0.2, 0) is 13.1 Å². The summed E-state index contributed by atoms with van der Waals surface area (Å²) < 4.78 is 12.5. The van der Waals surface area contributed by atoms with Gasteiger partial charge in [0, 0.05) is 28.9 Å². The average molecular weight is 354 g/mol. The van der Waals surface area contributed by atoms with E-state index in [1.165, 1.54) is 14.9 Å². The predicted octanol–water partition coefficient (Wildman–Crippen LogP) is 3.96. The predicted molar refractivity (Wildman–Crippen MR) is 84.6 cm³/mol. The highest BCUT2D eigenvalue weighted by molar-refractivity contribution is 9.10.